The summed E-state index contributed by atoms with van der Waals surface area (Å²) in [6.07, 6.45) is 6.63. The zero-order valence-corrected chi connectivity index (χ0v) is 14.3. The fourth-order valence-corrected chi connectivity index (χ4v) is 2.40. The monoisotopic (exact) mass is 372 g/mol. The van der Waals surface area contributed by atoms with E-state index in [0.29, 0.717) is 11.1 Å². The largest absolute Gasteiger partial charge is 0.331 e. The predicted octanol–water partition coefficient (Wildman–Crippen LogP) is 3.86. The minimum absolute atomic E-state index is 0.0585. The fraction of sp³-hybridized carbons (Fsp3) is 0.105. The zero-order valence-electron chi connectivity index (χ0n) is 14.3. The van der Waals surface area contributed by atoms with E-state index in [1.807, 2.05) is 0 Å². The standard InChI is InChI=1S/C19H15F3N4O/c1-12-4-5-15(20)14(18(12)22)9-26-10-17(24-11-26)25-19(27)16(21)7-13-3-2-6-23-8-13/h2-8,10-11H,9H2,1H3,(H,25,27)/b16-7-. The van der Waals surface area contributed by atoms with Gasteiger partial charge in [0.15, 0.2) is 11.6 Å². The molecule has 1 aromatic carbocycles. The molecule has 0 unspecified atom stereocenters. The van der Waals surface area contributed by atoms with Crippen molar-refractivity contribution in [2.45, 2.75) is 13.5 Å². The van der Waals surface area contributed by atoms with Crippen molar-refractivity contribution in [2.75, 3.05) is 5.32 Å². The lowest BCUT2D eigenvalue weighted by molar-refractivity contribution is -0.114. The third-order valence-corrected chi connectivity index (χ3v) is 3.79. The van der Waals surface area contributed by atoms with Gasteiger partial charge < -0.3 is 9.88 Å². The molecular formula is C19H15F3N4O. The van der Waals surface area contributed by atoms with Gasteiger partial charge in [-0.2, -0.15) is 0 Å². The van der Waals surface area contributed by atoms with E-state index in [2.05, 4.69) is 15.3 Å². The summed E-state index contributed by atoms with van der Waals surface area (Å²) in [5.74, 6) is -3.27. The molecule has 0 spiro atoms. The number of pyridine rings is 1. The van der Waals surface area contributed by atoms with Crippen LogP contribution in [0.1, 0.15) is 16.7 Å². The Labute approximate surface area is 153 Å². The van der Waals surface area contributed by atoms with Crippen molar-refractivity contribution in [2.24, 2.45) is 0 Å². The molecule has 138 valence electrons. The number of aromatic nitrogens is 3. The maximum absolute atomic E-state index is 14.1. The maximum Gasteiger partial charge on any atom is 0.285 e. The Morgan fingerprint density at radius 2 is 2.11 bits per heavy atom. The fourth-order valence-electron chi connectivity index (χ4n) is 2.40. The average Bonchev–Trinajstić information content (AvgIpc) is 3.10. The van der Waals surface area contributed by atoms with Crippen molar-refractivity contribution >= 4 is 17.8 Å². The van der Waals surface area contributed by atoms with Gasteiger partial charge in [-0.15, -0.1) is 0 Å². The second kappa shape index (κ2) is 7.86. The van der Waals surface area contributed by atoms with Crippen LogP contribution in [0.2, 0.25) is 0 Å². The Bertz CT molecular complexity index is 999. The van der Waals surface area contributed by atoms with Crippen molar-refractivity contribution in [3.63, 3.8) is 0 Å². The van der Waals surface area contributed by atoms with Crippen molar-refractivity contribution in [1.82, 2.24) is 14.5 Å². The number of hydrogen-bond donors (Lipinski definition) is 1. The van der Waals surface area contributed by atoms with Gasteiger partial charge in [-0.3, -0.25) is 9.78 Å². The number of benzene rings is 1. The van der Waals surface area contributed by atoms with E-state index in [9.17, 15) is 18.0 Å². The molecule has 8 heteroatoms. The first kappa shape index (κ1) is 18.4. The van der Waals surface area contributed by atoms with Crippen LogP contribution in [0.5, 0.6) is 0 Å². The molecule has 27 heavy (non-hydrogen) atoms. The second-order valence-electron chi connectivity index (χ2n) is 5.82. The highest BCUT2D eigenvalue weighted by Gasteiger charge is 2.14. The second-order valence-corrected chi connectivity index (χ2v) is 5.82. The summed E-state index contributed by atoms with van der Waals surface area (Å²) >= 11 is 0. The van der Waals surface area contributed by atoms with Crippen LogP contribution in [0.15, 0.2) is 55.0 Å². The van der Waals surface area contributed by atoms with Gasteiger partial charge in [0.05, 0.1) is 12.9 Å². The Morgan fingerprint density at radius 1 is 1.30 bits per heavy atom. The number of hydrogen-bond acceptors (Lipinski definition) is 3. The summed E-state index contributed by atoms with van der Waals surface area (Å²) in [6, 6.07) is 5.75. The SMILES string of the molecule is Cc1ccc(F)c(Cn2cnc(NC(=O)/C(F)=C/c3cccnc3)c2)c1F. The summed E-state index contributed by atoms with van der Waals surface area (Å²) in [5, 5.41) is 2.29. The third kappa shape index (κ3) is 4.41. The molecule has 0 bridgehead atoms. The normalized spacial score (nSPS) is 11.5. The van der Waals surface area contributed by atoms with Crippen molar-refractivity contribution in [1.29, 1.82) is 0 Å². The molecular weight excluding hydrogens is 357 g/mol. The summed E-state index contributed by atoms with van der Waals surface area (Å²) in [4.78, 5) is 19.6. The highest BCUT2D eigenvalue weighted by molar-refractivity contribution is 6.04. The molecule has 5 nitrogen and oxygen atoms in total. The molecule has 3 aromatic rings. The van der Waals surface area contributed by atoms with Crippen LogP contribution in [0.4, 0.5) is 19.0 Å². The lowest BCUT2D eigenvalue weighted by Crippen LogP contribution is -2.12. The number of nitrogens with one attached hydrogen (secondary N) is 1. The number of carbonyl (C=O) groups excluding carboxylic acids is 1. The molecule has 0 saturated heterocycles. The van der Waals surface area contributed by atoms with E-state index in [4.69, 9.17) is 0 Å². The highest BCUT2D eigenvalue weighted by atomic mass is 19.1. The first-order valence-electron chi connectivity index (χ1n) is 7.98. The zero-order chi connectivity index (χ0) is 19.4. The molecule has 0 saturated carbocycles. The molecule has 0 aliphatic heterocycles. The molecule has 0 atom stereocenters. The predicted molar refractivity (Wildman–Crippen MR) is 94.4 cm³/mol. The number of anilines is 1. The topological polar surface area (TPSA) is 59.8 Å². The van der Waals surface area contributed by atoms with Gasteiger partial charge >= 0.3 is 0 Å². The minimum atomic E-state index is -1.02. The first-order chi connectivity index (χ1) is 12.9. The van der Waals surface area contributed by atoms with Gasteiger partial charge in [-0.25, -0.2) is 18.2 Å². The van der Waals surface area contributed by atoms with Crippen molar-refractivity contribution < 1.29 is 18.0 Å². The summed E-state index contributed by atoms with van der Waals surface area (Å²) < 4.78 is 43.3. The summed E-state index contributed by atoms with van der Waals surface area (Å²) in [7, 11) is 0. The Balaban J connectivity index is 1.70. The van der Waals surface area contributed by atoms with E-state index in [0.717, 1.165) is 6.08 Å². The molecule has 0 aliphatic carbocycles. The van der Waals surface area contributed by atoms with Crippen LogP contribution in [0.25, 0.3) is 6.08 Å². The smallest absolute Gasteiger partial charge is 0.285 e. The molecule has 3 rings (SSSR count). The molecule has 1 amide bonds. The van der Waals surface area contributed by atoms with E-state index in [1.54, 1.807) is 12.1 Å². The van der Waals surface area contributed by atoms with Crippen molar-refractivity contribution in [3.05, 3.63) is 83.3 Å². The van der Waals surface area contributed by atoms with Crippen molar-refractivity contribution in [3.8, 4) is 0 Å². The van der Waals surface area contributed by atoms with Gasteiger partial charge in [0.25, 0.3) is 5.91 Å². The molecule has 1 N–H and O–H groups in total. The van der Waals surface area contributed by atoms with Crippen LogP contribution < -0.4 is 5.32 Å². The number of carbonyl (C=O) groups is 1. The summed E-state index contributed by atoms with van der Waals surface area (Å²) in [6.45, 7) is 1.42. The highest BCUT2D eigenvalue weighted by Crippen LogP contribution is 2.18. The molecule has 0 aliphatic rings. The van der Waals surface area contributed by atoms with Gasteiger partial charge in [0.2, 0.25) is 0 Å². The molecule has 0 fully saturated rings. The third-order valence-electron chi connectivity index (χ3n) is 3.79. The maximum atomic E-state index is 14.1. The van der Waals surface area contributed by atoms with Gasteiger partial charge in [-0.1, -0.05) is 12.1 Å². The van der Waals surface area contributed by atoms with Gasteiger partial charge in [0.1, 0.15) is 11.6 Å². The lowest BCUT2D eigenvalue weighted by Gasteiger charge is -2.07. The molecule has 0 radical (unpaired) electrons. The molecule has 2 aromatic heterocycles. The van der Waals surface area contributed by atoms with Gasteiger partial charge in [-0.05, 0) is 36.3 Å². The van der Waals surface area contributed by atoms with E-state index in [-0.39, 0.29) is 17.9 Å². The minimum Gasteiger partial charge on any atom is -0.331 e. The van der Waals surface area contributed by atoms with E-state index >= 15 is 0 Å². The average molecular weight is 372 g/mol. The lowest BCUT2D eigenvalue weighted by atomic mass is 10.1. The van der Waals surface area contributed by atoms with E-state index < -0.39 is 23.4 Å². The number of nitrogens with zero attached hydrogens (tertiary/aromatic N) is 3. The van der Waals surface area contributed by atoms with Crippen LogP contribution in [-0.4, -0.2) is 20.4 Å². The number of aryl methyl sites for hydroxylation is 1. The van der Waals surface area contributed by atoms with Gasteiger partial charge in [0, 0.05) is 24.2 Å². The molecule has 2 heterocycles. The summed E-state index contributed by atoms with van der Waals surface area (Å²) in [5.41, 5.74) is 0.636. The Hall–Kier alpha value is -3.42. The first-order valence-corrected chi connectivity index (χ1v) is 7.98. The quantitative estimate of drug-likeness (QED) is 0.692. The number of amides is 1. The van der Waals surface area contributed by atoms with Crippen LogP contribution >= 0.6 is 0 Å². The number of imidazole rings is 1. The van der Waals surface area contributed by atoms with E-state index in [1.165, 1.54) is 48.5 Å². The Kier molecular flexibility index (Phi) is 5.35. The van der Waals surface area contributed by atoms with Crippen LogP contribution in [0.3, 0.4) is 0 Å². The number of halogens is 3. The number of rotatable bonds is 5. The Morgan fingerprint density at radius 3 is 2.85 bits per heavy atom. The van der Waals surface area contributed by atoms with Crippen LogP contribution in [0, 0.1) is 18.6 Å². The van der Waals surface area contributed by atoms with Crippen LogP contribution in [-0.2, 0) is 11.3 Å².